The second-order valence-electron chi connectivity index (χ2n) is 11.3. The number of hydrogen-bond donors (Lipinski definition) is 0. The molecule has 0 aliphatic rings. The van der Waals surface area contributed by atoms with Crippen LogP contribution in [0.2, 0.25) is 0 Å². The first kappa shape index (κ1) is 27.4. The van der Waals surface area contributed by atoms with E-state index >= 15 is 0 Å². The van der Waals surface area contributed by atoms with Crippen LogP contribution in [0.4, 0.5) is 0 Å². The van der Waals surface area contributed by atoms with Crippen molar-refractivity contribution in [2.75, 3.05) is 0 Å². The van der Waals surface area contributed by atoms with E-state index in [1.54, 1.807) is 6.20 Å². The third kappa shape index (κ3) is 5.36. The highest BCUT2D eigenvalue weighted by atomic mass is 14.9. The Balaban J connectivity index is 1.21. The van der Waals surface area contributed by atoms with E-state index in [4.69, 9.17) is 9.97 Å². The molecule has 216 valence electrons. The fourth-order valence-corrected chi connectivity index (χ4v) is 6.08. The molecule has 0 saturated carbocycles. The third-order valence-electron chi connectivity index (χ3n) is 8.47. The van der Waals surface area contributed by atoms with Crippen molar-refractivity contribution in [1.82, 2.24) is 15.0 Å². The predicted octanol–water partition coefficient (Wildman–Crippen LogP) is 11.0. The quantitative estimate of drug-likeness (QED) is 0.194. The molecule has 0 aliphatic carbocycles. The Hall–Kier alpha value is -6.19. The second-order valence-corrected chi connectivity index (χ2v) is 11.3. The van der Waals surface area contributed by atoms with Crippen LogP contribution in [0.5, 0.6) is 0 Å². The molecular formula is C43H29N3. The first-order valence-corrected chi connectivity index (χ1v) is 15.4. The molecule has 8 rings (SSSR count). The molecule has 0 atom stereocenters. The zero-order valence-electron chi connectivity index (χ0n) is 25.1. The zero-order valence-corrected chi connectivity index (χ0v) is 25.1. The minimum absolute atomic E-state index is 0.691. The fraction of sp³-hybridized carbons (Fsp3) is 0. The lowest BCUT2D eigenvalue weighted by molar-refractivity contribution is 1.18. The van der Waals surface area contributed by atoms with Crippen molar-refractivity contribution < 1.29 is 0 Å². The molecule has 3 heteroatoms. The third-order valence-corrected chi connectivity index (χ3v) is 8.47. The van der Waals surface area contributed by atoms with Crippen LogP contribution in [0.15, 0.2) is 176 Å². The lowest BCUT2D eigenvalue weighted by Crippen LogP contribution is -1.96. The molecule has 0 N–H and O–H groups in total. The van der Waals surface area contributed by atoms with Crippen molar-refractivity contribution in [3.63, 3.8) is 0 Å². The Morgan fingerprint density at radius 1 is 0.370 bits per heavy atom. The van der Waals surface area contributed by atoms with E-state index in [9.17, 15) is 0 Å². The molecule has 0 saturated heterocycles. The standard InChI is InChI=1S/C43H29N3/c1-2-9-30(10-3-1)31-18-20-34(21-19-31)41-29-45-43(46-42(41)37-14-6-13-36(27-37)38-15-8-26-44-28-38)35-24-22-33(23-25-35)40-17-7-12-32-11-4-5-16-39(32)40/h1-29H. The number of pyridine rings is 1. The SMILES string of the molecule is c1ccc(-c2ccc(-c3cnc(-c4ccc(-c5cccc6ccccc56)cc4)nc3-c3cccc(-c4cccnc4)c3)cc2)cc1. The number of hydrogen-bond acceptors (Lipinski definition) is 3. The molecule has 0 bridgehead atoms. The predicted molar refractivity (Wildman–Crippen MR) is 190 cm³/mol. The van der Waals surface area contributed by atoms with E-state index in [-0.39, 0.29) is 0 Å². The van der Waals surface area contributed by atoms with Gasteiger partial charge in [-0.3, -0.25) is 4.98 Å². The largest absolute Gasteiger partial charge is 0.264 e. The maximum atomic E-state index is 5.23. The van der Waals surface area contributed by atoms with E-state index in [0.29, 0.717) is 5.82 Å². The molecule has 0 unspecified atom stereocenters. The summed E-state index contributed by atoms with van der Waals surface area (Å²) < 4.78 is 0. The summed E-state index contributed by atoms with van der Waals surface area (Å²) in [5, 5.41) is 2.48. The average molecular weight is 588 g/mol. The molecule has 0 fully saturated rings. The van der Waals surface area contributed by atoms with Crippen LogP contribution in [-0.2, 0) is 0 Å². The monoisotopic (exact) mass is 587 g/mol. The minimum Gasteiger partial charge on any atom is -0.264 e. The fourth-order valence-electron chi connectivity index (χ4n) is 6.08. The summed E-state index contributed by atoms with van der Waals surface area (Å²) in [6.07, 6.45) is 5.66. The molecule has 0 spiro atoms. The van der Waals surface area contributed by atoms with Gasteiger partial charge in [0.25, 0.3) is 0 Å². The van der Waals surface area contributed by atoms with Gasteiger partial charge in [-0.05, 0) is 56.3 Å². The van der Waals surface area contributed by atoms with Crippen molar-refractivity contribution in [1.29, 1.82) is 0 Å². The number of benzene rings is 6. The maximum Gasteiger partial charge on any atom is 0.159 e. The summed E-state index contributed by atoms with van der Waals surface area (Å²) in [6.45, 7) is 0. The molecule has 46 heavy (non-hydrogen) atoms. The highest BCUT2D eigenvalue weighted by molar-refractivity contribution is 5.96. The first-order valence-electron chi connectivity index (χ1n) is 15.4. The van der Waals surface area contributed by atoms with Crippen LogP contribution < -0.4 is 0 Å². The zero-order chi connectivity index (χ0) is 30.7. The summed E-state index contributed by atoms with van der Waals surface area (Å²) >= 11 is 0. The summed E-state index contributed by atoms with van der Waals surface area (Å²) in [4.78, 5) is 14.5. The van der Waals surface area contributed by atoms with Gasteiger partial charge in [0.2, 0.25) is 0 Å². The van der Waals surface area contributed by atoms with Gasteiger partial charge in [-0.2, -0.15) is 0 Å². The van der Waals surface area contributed by atoms with Gasteiger partial charge in [-0.1, -0.05) is 146 Å². The van der Waals surface area contributed by atoms with Crippen molar-refractivity contribution in [3.05, 3.63) is 176 Å². The highest BCUT2D eigenvalue weighted by Gasteiger charge is 2.15. The summed E-state index contributed by atoms with van der Waals surface area (Å²) in [5.74, 6) is 0.691. The van der Waals surface area contributed by atoms with Crippen LogP contribution in [0, 0.1) is 0 Å². The van der Waals surface area contributed by atoms with Gasteiger partial charge in [-0.15, -0.1) is 0 Å². The van der Waals surface area contributed by atoms with Crippen molar-refractivity contribution in [2.45, 2.75) is 0 Å². The summed E-state index contributed by atoms with van der Waals surface area (Å²) in [6, 6.07) is 55.2. The smallest absolute Gasteiger partial charge is 0.159 e. The Kier molecular flexibility index (Phi) is 7.18. The van der Waals surface area contributed by atoms with E-state index in [1.807, 2.05) is 24.5 Å². The Labute approximate surface area is 268 Å². The van der Waals surface area contributed by atoms with E-state index in [2.05, 4.69) is 151 Å². The molecular weight excluding hydrogens is 558 g/mol. The molecule has 0 amide bonds. The van der Waals surface area contributed by atoms with Crippen LogP contribution >= 0.6 is 0 Å². The average Bonchev–Trinajstić information content (AvgIpc) is 3.15. The second kappa shape index (κ2) is 12.1. The molecule has 2 aromatic heterocycles. The van der Waals surface area contributed by atoms with Gasteiger partial charge in [0.15, 0.2) is 5.82 Å². The summed E-state index contributed by atoms with van der Waals surface area (Å²) in [7, 11) is 0. The van der Waals surface area contributed by atoms with Crippen LogP contribution in [0.25, 0.3) is 77.9 Å². The van der Waals surface area contributed by atoms with Gasteiger partial charge in [0.1, 0.15) is 0 Å². The maximum absolute atomic E-state index is 5.23. The first-order chi connectivity index (χ1) is 22.8. The summed E-state index contributed by atoms with van der Waals surface area (Å²) in [5.41, 5.74) is 11.9. The molecule has 3 nitrogen and oxygen atoms in total. The molecule has 2 heterocycles. The normalized spacial score (nSPS) is 11.0. The Bertz CT molecular complexity index is 2270. The van der Waals surface area contributed by atoms with Crippen LogP contribution in [0.3, 0.4) is 0 Å². The van der Waals surface area contributed by atoms with Crippen LogP contribution in [-0.4, -0.2) is 15.0 Å². The topological polar surface area (TPSA) is 38.7 Å². The lowest BCUT2D eigenvalue weighted by Gasteiger charge is -2.13. The Morgan fingerprint density at radius 3 is 1.78 bits per heavy atom. The van der Waals surface area contributed by atoms with Gasteiger partial charge in [-0.25, -0.2) is 9.97 Å². The molecule has 8 aromatic rings. The van der Waals surface area contributed by atoms with Gasteiger partial charge >= 0.3 is 0 Å². The number of nitrogens with zero attached hydrogens (tertiary/aromatic N) is 3. The minimum atomic E-state index is 0.691. The lowest BCUT2D eigenvalue weighted by atomic mass is 9.95. The van der Waals surface area contributed by atoms with Crippen molar-refractivity contribution in [3.8, 4) is 67.2 Å². The Morgan fingerprint density at radius 2 is 0.978 bits per heavy atom. The van der Waals surface area contributed by atoms with E-state index in [1.165, 1.54) is 33.0 Å². The van der Waals surface area contributed by atoms with Crippen molar-refractivity contribution in [2.24, 2.45) is 0 Å². The molecule has 0 radical (unpaired) electrons. The van der Waals surface area contributed by atoms with Gasteiger partial charge in [0.05, 0.1) is 5.69 Å². The molecule has 6 aromatic carbocycles. The number of fused-ring (bicyclic) bond motifs is 1. The number of rotatable bonds is 6. The highest BCUT2D eigenvalue weighted by Crippen LogP contribution is 2.36. The van der Waals surface area contributed by atoms with E-state index in [0.717, 1.165) is 39.1 Å². The van der Waals surface area contributed by atoms with Gasteiger partial charge < -0.3 is 0 Å². The van der Waals surface area contributed by atoms with Crippen LogP contribution in [0.1, 0.15) is 0 Å². The van der Waals surface area contributed by atoms with Crippen molar-refractivity contribution >= 4 is 10.8 Å². The van der Waals surface area contributed by atoms with E-state index < -0.39 is 0 Å². The van der Waals surface area contributed by atoms with Gasteiger partial charge in [0, 0.05) is 40.8 Å². The number of aromatic nitrogens is 3. The molecule has 0 aliphatic heterocycles.